The van der Waals surface area contributed by atoms with Gasteiger partial charge in [-0.25, -0.2) is 0 Å². The molecule has 1 rings (SSSR count). The van der Waals surface area contributed by atoms with Crippen LogP contribution in [-0.4, -0.2) is 22.4 Å². The van der Waals surface area contributed by atoms with Crippen LogP contribution in [0.25, 0.3) is 0 Å². The van der Waals surface area contributed by atoms with E-state index in [1.165, 1.54) is 5.69 Å². The van der Waals surface area contributed by atoms with Gasteiger partial charge < -0.3 is 5.32 Å². The van der Waals surface area contributed by atoms with Crippen molar-refractivity contribution >= 4 is 0 Å². The lowest BCUT2D eigenvalue weighted by Gasteiger charge is -2.11. The van der Waals surface area contributed by atoms with Gasteiger partial charge in [0.15, 0.2) is 0 Å². The molecule has 0 aliphatic carbocycles. The van der Waals surface area contributed by atoms with Crippen LogP contribution in [0.2, 0.25) is 0 Å². The molecular formula is C12H23N3. The molecule has 0 amide bonds. The number of aromatic nitrogens is 2. The molecule has 1 aromatic heterocycles. The number of rotatable bonds is 6. The third-order valence-electron chi connectivity index (χ3n) is 2.77. The number of hydrogen-bond donors (Lipinski definition) is 1. The molecule has 0 aliphatic rings. The second kappa shape index (κ2) is 5.91. The lowest BCUT2D eigenvalue weighted by atomic mass is 10.2. The van der Waals surface area contributed by atoms with Crippen molar-refractivity contribution in [2.75, 3.05) is 6.54 Å². The van der Waals surface area contributed by atoms with Gasteiger partial charge in [-0.2, -0.15) is 5.10 Å². The van der Waals surface area contributed by atoms with Crippen LogP contribution in [0.4, 0.5) is 0 Å². The summed E-state index contributed by atoms with van der Waals surface area (Å²) in [4.78, 5) is 0. The van der Waals surface area contributed by atoms with Crippen molar-refractivity contribution in [2.24, 2.45) is 0 Å². The van der Waals surface area contributed by atoms with E-state index in [1.807, 2.05) is 0 Å². The fourth-order valence-corrected chi connectivity index (χ4v) is 1.65. The van der Waals surface area contributed by atoms with Gasteiger partial charge in [-0.1, -0.05) is 13.8 Å². The van der Waals surface area contributed by atoms with Gasteiger partial charge in [-0.15, -0.1) is 0 Å². The SMILES string of the molecule is CCNC(C)Cc1ccn(C(C)CC)n1. The molecule has 15 heavy (non-hydrogen) atoms. The predicted octanol–water partition coefficient (Wildman–Crippen LogP) is 2.39. The van der Waals surface area contributed by atoms with Gasteiger partial charge in [-0.05, 0) is 32.9 Å². The Morgan fingerprint density at radius 1 is 1.40 bits per heavy atom. The molecule has 2 atom stereocenters. The van der Waals surface area contributed by atoms with Crippen LogP contribution in [-0.2, 0) is 6.42 Å². The van der Waals surface area contributed by atoms with Gasteiger partial charge in [0, 0.05) is 24.7 Å². The molecule has 0 bridgehead atoms. The Morgan fingerprint density at radius 3 is 2.73 bits per heavy atom. The molecule has 0 saturated carbocycles. The van der Waals surface area contributed by atoms with E-state index in [1.54, 1.807) is 0 Å². The average molecular weight is 209 g/mol. The minimum atomic E-state index is 0.508. The molecule has 0 saturated heterocycles. The fraction of sp³-hybridized carbons (Fsp3) is 0.750. The Bertz CT molecular complexity index is 280. The standard InChI is InChI=1S/C12H23N3/c1-5-11(4)15-8-7-12(14-15)9-10(3)13-6-2/h7-8,10-11,13H,5-6,9H2,1-4H3. The van der Waals surface area contributed by atoms with Crippen LogP contribution in [0.15, 0.2) is 12.3 Å². The first kappa shape index (κ1) is 12.2. The molecule has 0 radical (unpaired) electrons. The third-order valence-corrected chi connectivity index (χ3v) is 2.77. The van der Waals surface area contributed by atoms with Crippen molar-refractivity contribution in [3.05, 3.63) is 18.0 Å². The van der Waals surface area contributed by atoms with Crippen molar-refractivity contribution in [2.45, 2.75) is 52.6 Å². The van der Waals surface area contributed by atoms with E-state index in [9.17, 15) is 0 Å². The topological polar surface area (TPSA) is 29.9 Å². The minimum absolute atomic E-state index is 0.508. The van der Waals surface area contributed by atoms with E-state index in [4.69, 9.17) is 0 Å². The van der Waals surface area contributed by atoms with Gasteiger partial charge >= 0.3 is 0 Å². The van der Waals surface area contributed by atoms with Crippen LogP contribution in [0.5, 0.6) is 0 Å². The first-order valence-electron chi connectivity index (χ1n) is 5.94. The summed E-state index contributed by atoms with van der Waals surface area (Å²) in [6.07, 6.45) is 4.23. The summed E-state index contributed by atoms with van der Waals surface area (Å²) in [7, 11) is 0. The van der Waals surface area contributed by atoms with E-state index in [0.29, 0.717) is 12.1 Å². The number of nitrogens with zero attached hydrogens (tertiary/aromatic N) is 2. The summed E-state index contributed by atoms with van der Waals surface area (Å²) in [6, 6.07) is 3.14. The van der Waals surface area contributed by atoms with Crippen molar-refractivity contribution in [1.29, 1.82) is 0 Å². The van der Waals surface area contributed by atoms with E-state index in [2.05, 4.69) is 55.1 Å². The molecule has 1 N–H and O–H groups in total. The molecule has 0 aliphatic heterocycles. The molecule has 0 aromatic carbocycles. The van der Waals surface area contributed by atoms with Crippen LogP contribution in [0.3, 0.4) is 0 Å². The lowest BCUT2D eigenvalue weighted by molar-refractivity contribution is 0.468. The van der Waals surface area contributed by atoms with Gasteiger partial charge in [-0.3, -0.25) is 4.68 Å². The molecule has 3 heteroatoms. The monoisotopic (exact) mass is 209 g/mol. The molecule has 0 fully saturated rings. The van der Waals surface area contributed by atoms with Gasteiger partial charge in [0.05, 0.1) is 5.69 Å². The zero-order valence-corrected chi connectivity index (χ0v) is 10.3. The normalized spacial score (nSPS) is 15.2. The summed E-state index contributed by atoms with van der Waals surface area (Å²) >= 11 is 0. The van der Waals surface area contributed by atoms with Crippen molar-refractivity contribution in [1.82, 2.24) is 15.1 Å². The maximum atomic E-state index is 4.58. The highest BCUT2D eigenvalue weighted by Crippen LogP contribution is 2.10. The molecule has 86 valence electrons. The summed E-state index contributed by atoms with van der Waals surface area (Å²) < 4.78 is 2.06. The van der Waals surface area contributed by atoms with Gasteiger partial charge in [0.2, 0.25) is 0 Å². The Labute approximate surface area is 92.9 Å². The van der Waals surface area contributed by atoms with E-state index >= 15 is 0 Å². The van der Waals surface area contributed by atoms with E-state index in [-0.39, 0.29) is 0 Å². The highest BCUT2D eigenvalue weighted by molar-refractivity contribution is 5.01. The maximum absolute atomic E-state index is 4.58. The third kappa shape index (κ3) is 3.67. The first-order valence-corrected chi connectivity index (χ1v) is 5.94. The molecule has 3 nitrogen and oxygen atoms in total. The van der Waals surface area contributed by atoms with Gasteiger partial charge in [0.25, 0.3) is 0 Å². The summed E-state index contributed by atoms with van der Waals surface area (Å²) in [5.74, 6) is 0. The van der Waals surface area contributed by atoms with Crippen molar-refractivity contribution in [3.63, 3.8) is 0 Å². The Kier molecular flexibility index (Phi) is 4.82. The van der Waals surface area contributed by atoms with Crippen molar-refractivity contribution in [3.8, 4) is 0 Å². The highest BCUT2D eigenvalue weighted by atomic mass is 15.3. The number of nitrogens with one attached hydrogen (secondary N) is 1. The number of likely N-dealkylation sites (N-methyl/N-ethyl adjacent to an activating group) is 1. The van der Waals surface area contributed by atoms with E-state index in [0.717, 1.165) is 19.4 Å². The summed E-state index contributed by atoms with van der Waals surface area (Å²) in [5.41, 5.74) is 1.18. The molecule has 0 spiro atoms. The number of hydrogen-bond acceptors (Lipinski definition) is 2. The summed E-state index contributed by atoms with van der Waals surface area (Å²) in [5, 5.41) is 7.98. The molecule has 1 aromatic rings. The largest absolute Gasteiger partial charge is 0.314 e. The van der Waals surface area contributed by atoms with Crippen LogP contribution < -0.4 is 5.32 Å². The van der Waals surface area contributed by atoms with Crippen LogP contribution in [0.1, 0.15) is 45.9 Å². The van der Waals surface area contributed by atoms with Crippen molar-refractivity contribution < 1.29 is 0 Å². The fourth-order valence-electron chi connectivity index (χ4n) is 1.65. The Hall–Kier alpha value is -0.830. The minimum Gasteiger partial charge on any atom is -0.314 e. The molecular weight excluding hydrogens is 186 g/mol. The van der Waals surface area contributed by atoms with Crippen LogP contribution in [0, 0.1) is 0 Å². The maximum Gasteiger partial charge on any atom is 0.0640 e. The highest BCUT2D eigenvalue weighted by Gasteiger charge is 2.07. The summed E-state index contributed by atoms with van der Waals surface area (Å²) in [6.45, 7) is 9.74. The molecule has 1 heterocycles. The Balaban J connectivity index is 2.52. The molecule has 2 unspecified atom stereocenters. The second-order valence-electron chi connectivity index (χ2n) is 4.21. The predicted molar refractivity (Wildman–Crippen MR) is 64.1 cm³/mol. The van der Waals surface area contributed by atoms with Crippen LogP contribution >= 0.6 is 0 Å². The van der Waals surface area contributed by atoms with E-state index < -0.39 is 0 Å². The quantitative estimate of drug-likeness (QED) is 0.779. The smallest absolute Gasteiger partial charge is 0.0640 e. The second-order valence-corrected chi connectivity index (χ2v) is 4.21. The van der Waals surface area contributed by atoms with Gasteiger partial charge in [0.1, 0.15) is 0 Å². The first-order chi connectivity index (χ1) is 7.17. The average Bonchev–Trinajstić information content (AvgIpc) is 2.65. The lowest BCUT2D eigenvalue weighted by Crippen LogP contribution is -2.27. The Morgan fingerprint density at radius 2 is 2.13 bits per heavy atom. The zero-order chi connectivity index (χ0) is 11.3. The zero-order valence-electron chi connectivity index (χ0n) is 10.3.